The molecule has 3 rings (SSSR count). The molecular weight excluding hydrogens is 439 g/mol. The Kier molecular flexibility index (Phi) is 8.99. The molecule has 1 saturated carbocycles. The van der Waals surface area contributed by atoms with E-state index < -0.39 is 5.60 Å². The number of rotatable bonds is 9. The molecule has 1 aromatic rings. The highest BCUT2D eigenvalue weighted by Gasteiger charge is 2.31. The van der Waals surface area contributed by atoms with Crippen molar-refractivity contribution in [3.63, 3.8) is 0 Å². The topological polar surface area (TPSA) is 91.9 Å². The predicted molar refractivity (Wildman–Crippen MR) is 129 cm³/mol. The molecule has 1 saturated heterocycles. The highest BCUT2D eigenvalue weighted by atomic mass is 19.1. The van der Waals surface area contributed by atoms with Gasteiger partial charge in [-0.1, -0.05) is 0 Å². The third kappa shape index (κ3) is 8.34. The van der Waals surface area contributed by atoms with Gasteiger partial charge in [-0.15, -0.1) is 0 Å². The molecule has 1 aliphatic carbocycles. The van der Waals surface area contributed by atoms with Crippen LogP contribution in [0.3, 0.4) is 0 Å². The summed E-state index contributed by atoms with van der Waals surface area (Å²) in [6, 6.07) is 4.62. The number of carbonyl (C=O) groups excluding carboxylic acids is 2. The minimum absolute atomic E-state index is 0.0531. The lowest BCUT2D eigenvalue weighted by molar-refractivity contribution is -0.124. The van der Waals surface area contributed by atoms with E-state index in [-0.39, 0.29) is 23.9 Å². The van der Waals surface area contributed by atoms with Gasteiger partial charge in [0.25, 0.3) is 0 Å². The Hall–Kier alpha value is -2.55. The Morgan fingerprint density at radius 2 is 1.85 bits per heavy atom. The molecule has 0 aromatic heterocycles. The van der Waals surface area contributed by atoms with Crippen molar-refractivity contribution < 1.29 is 23.5 Å². The van der Waals surface area contributed by atoms with E-state index in [9.17, 15) is 14.0 Å². The first kappa shape index (κ1) is 26.1. The van der Waals surface area contributed by atoms with E-state index in [1.807, 2.05) is 20.8 Å². The third-order valence-corrected chi connectivity index (χ3v) is 6.30. The minimum Gasteiger partial charge on any atom is -0.491 e. The molecule has 34 heavy (non-hydrogen) atoms. The Bertz CT molecular complexity index is 831. The number of likely N-dealkylation sites (tertiary alicyclic amines) is 1. The van der Waals surface area contributed by atoms with Crippen molar-refractivity contribution in [1.82, 2.24) is 15.5 Å². The number of amides is 2. The molecule has 190 valence electrons. The molecule has 9 heteroatoms. The molecule has 2 amide bonds. The molecule has 0 spiro atoms. The van der Waals surface area contributed by atoms with Crippen LogP contribution in [0, 0.1) is 17.7 Å². The van der Waals surface area contributed by atoms with Crippen molar-refractivity contribution in [3.05, 3.63) is 24.0 Å². The number of nitrogens with one attached hydrogen (secondary N) is 3. The average molecular weight is 479 g/mol. The van der Waals surface area contributed by atoms with Crippen LogP contribution in [-0.4, -0.2) is 68.4 Å². The quantitative estimate of drug-likeness (QED) is 0.504. The van der Waals surface area contributed by atoms with Crippen molar-refractivity contribution in [2.24, 2.45) is 11.8 Å². The van der Waals surface area contributed by atoms with E-state index in [4.69, 9.17) is 9.47 Å². The Labute approximate surface area is 201 Å². The number of piperidine rings is 1. The fourth-order valence-electron chi connectivity index (χ4n) is 4.39. The van der Waals surface area contributed by atoms with Crippen LogP contribution in [0.2, 0.25) is 0 Å². The summed E-state index contributed by atoms with van der Waals surface area (Å²) >= 11 is 0. The van der Waals surface area contributed by atoms with E-state index in [2.05, 4.69) is 20.9 Å². The van der Waals surface area contributed by atoms with Crippen LogP contribution in [0.15, 0.2) is 18.2 Å². The lowest BCUT2D eigenvalue weighted by Gasteiger charge is -2.37. The summed E-state index contributed by atoms with van der Waals surface area (Å²) in [5, 5.41) is 8.96. The second kappa shape index (κ2) is 11.7. The number of carbonyl (C=O) groups is 2. The van der Waals surface area contributed by atoms with Gasteiger partial charge in [-0.3, -0.25) is 9.69 Å². The van der Waals surface area contributed by atoms with Crippen molar-refractivity contribution in [3.8, 4) is 5.75 Å². The van der Waals surface area contributed by atoms with Crippen molar-refractivity contribution in [1.29, 1.82) is 0 Å². The molecule has 8 nitrogen and oxygen atoms in total. The van der Waals surface area contributed by atoms with Gasteiger partial charge >= 0.3 is 6.09 Å². The first-order chi connectivity index (χ1) is 16.1. The van der Waals surface area contributed by atoms with E-state index in [1.54, 1.807) is 13.1 Å². The van der Waals surface area contributed by atoms with E-state index in [1.165, 1.54) is 12.1 Å². The van der Waals surface area contributed by atoms with Crippen molar-refractivity contribution >= 4 is 17.7 Å². The third-order valence-electron chi connectivity index (χ3n) is 6.30. The minimum atomic E-state index is -0.494. The Morgan fingerprint density at radius 3 is 2.50 bits per heavy atom. The molecule has 0 unspecified atom stereocenters. The zero-order chi connectivity index (χ0) is 24.7. The molecule has 0 radical (unpaired) electrons. The number of hydrogen-bond acceptors (Lipinski definition) is 6. The van der Waals surface area contributed by atoms with Crippen molar-refractivity contribution in [2.75, 3.05) is 45.2 Å². The normalized spacial score (nSPS) is 21.3. The van der Waals surface area contributed by atoms with Crippen LogP contribution in [0.4, 0.5) is 14.9 Å². The molecule has 3 N–H and O–H groups in total. The molecule has 1 aliphatic heterocycles. The number of halogens is 1. The molecular formula is C25H39FN4O4. The molecule has 2 fully saturated rings. The van der Waals surface area contributed by atoms with Crippen LogP contribution in [-0.2, 0) is 9.53 Å². The molecule has 0 atom stereocenters. The van der Waals surface area contributed by atoms with Crippen molar-refractivity contribution in [2.45, 2.75) is 58.1 Å². The largest absolute Gasteiger partial charge is 0.491 e. The van der Waals surface area contributed by atoms with Gasteiger partial charge in [0.15, 0.2) is 0 Å². The van der Waals surface area contributed by atoms with Gasteiger partial charge in [0.1, 0.15) is 17.2 Å². The first-order valence-corrected chi connectivity index (χ1v) is 12.2. The van der Waals surface area contributed by atoms with Gasteiger partial charge in [-0.05, 0) is 83.5 Å². The monoisotopic (exact) mass is 478 g/mol. The maximum absolute atomic E-state index is 13.5. The number of anilines is 1. The highest BCUT2D eigenvalue weighted by molar-refractivity contribution is 5.78. The molecule has 2 aliphatic rings. The number of benzene rings is 1. The highest BCUT2D eigenvalue weighted by Crippen LogP contribution is 2.31. The zero-order valence-corrected chi connectivity index (χ0v) is 20.8. The summed E-state index contributed by atoms with van der Waals surface area (Å²) < 4.78 is 24.5. The standard InChI is InChI=1S/C25H39FN4O4/c1-25(2,3)34-24(32)28-14-17-7-9-30(10-8-17)15-23(31)29-20-11-18(12-20)16-33-22-13-19(26)5-6-21(22)27-4/h5-6,13,17-18,20,27H,7-12,14-16H2,1-4H3,(H,28,32)(H,29,31). The van der Waals surface area contributed by atoms with Gasteiger partial charge in [0.05, 0.1) is 18.8 Å². The van der Waals surface area contributed by atoms with Crippen LogP contribution in [0.1, 0.15) is 46.5 Å². The number of ether oxygens (including phenoxy) is 2. The Balaban J connectivity index is 1.27. The summed E-state index contributed by atoms with van der Waals surface area (Å²) in [5.74, 6) is 1.00. The Morgan fingerprint density at radius 1 is 1.15 bits per heavy atom. The van der Waals surface area contributed by atoms with Crippen LogP contribution in [0.25, 0.3) is 0 Å². The van der Waals surface area contributed by atoms with Gasteiger partial charge in [-0.25, -0.2) is 9.18 Å². The van der Waals surface area contributed by atoms with E-state index >= 15 is 0 Å². The van der Waals surface area contributed by atoms with Gasteiger partial charge in [-0.2, -0.15) is 0 Å². The summed E-state index contributed by atoms with van der Waals surface area (Å²) in [7, 11) is 1.78. The zero-order valence-electron chi connectivity index (χ0n) is 20.8. The lowest BCUT2D eigenvalue weighted by atomic mass is 9.81. The average Bonchev–Trinajstić information content (AvgIpc) is 2.73. The lowest BCUT2D eigenvalue weighted by Crippen LogP contribution is -2.50. The first-order valence-electron chi connectivity index (χ1n) is 12.2. The molecule has 1 aromatic carbocycles. The molecule has 1 heterocycles. The van der Waals surface area contributed by atoms with Crippen LogP contribution < -0.4 is 20.7 Å². The summed E-state index contributed by atoms with van der Waals surface area (Å²) in [6.45, 7) is 8.74. The predicted octanol–water partition coefficient (Wildman–Crippen LogP) is 3.38. The maximum atomic E-state index is 13.5. The molecule has 0 bridgehead atoms. The van der Waals surface area contributed by atoms with E-state index in [0.29, 0.717) is 37.3 Å². The van der Waals surface area contributed by atoms with E-state index in [0.717, 1.165) is 44.5 Å². The number of alkyl carbamates (subject to hydrolysis) is 1. The SMILES string of the molecule is CNc1ccc(F)cc1OCC1CC(NC(=O)CN2CCC(CNC(=O)OC(C)(C)C)CC2)C1. The maximum Gasteiger partial charge on any atom is 0.407 e. The fourth-order valence-corrected chi connectivity index (χ4v) is 4.39. The number of nitrogens with zero attached hydrogens (tertiary/aromatic N) is 1. The van der Waals surface area contributed by atoms with Gasteiger partial charge in [0, 0.05) is 25.7 Å². The fraction of sp³-hybridized carbons (Fsp3) is 0.680. The summed E-state index contributed by atoms with van der Waals surface area (Å²) in [4.78, 5) is 26.4. The van der Waals surface area contributed by atoms with Gasteiger partial charge in [0.2, 0.25) is 5.91 Å². The second-order valence-corrected chi connectivity index (χ2v) is 10.4. The smallest absolute Gasteiger partial charge is 0.407 e. The summed E-state index contributed by atoms with van der Waals surface area (Å²) in [6.07, 6.45) is 3.25. The van der Waals surface area contributed by atoms with Crippen LogP contribution in [0.5, 0.6) is 5.75 Å². The van der Waals surface area contributed by atoms with Crippen LogP contribution >= 0.6 is 0 Å². The van der Waals surface area contributed by atoms with Gasteiger partial charge < -0.3 is 25.4 Å². The summed E-state index contributed by atoms with van der Waals surface area (Å²) in [5.41, 5.74) is 0.265. The number of hydrogen-bond donors (Lipinski definition) is 3. The second-order valence-electron chi connectivity index (χ2n) is 10.4.